The molecule has 2 aromatic carbocycles. The number of carbonyl (C=O) groups is 4. The first kappa shape index (κ1) is 29.3. The number of benzene rings is 2. The van der Waals surface area contributed by atoms with Crippen molar-refractivity contribution in [1.29, 1.82) is 0 Å². The summed E-state index contributed by atoms with van der Waals surface area (Å²) in [5, 5.41) is 13.3. The van der Waals surface area contributed by atoms with Gasteiger partial charge in [0.25, 0.3) is 0 Å². The molecular weight excluding hydrogens is 528 g/mol. The van der Waals surface area contributed by atoms with Crippen LogP contribution in [0, 0.1) is 0 Å². The summed E-state index contributed by atoms with van der Waals surface area (Å²) in [4.78, 5) is 53.0. The number of amides is 2. The van der Waals surface area contributed by atoms with E-state index in [4.69, 9.17) is 0 Å². The van der Waals surface area contributed by atoms with Gasteiger partial charge in [0.15, 0.2) is 11.6 Å². The summed E-state index contributed by atoms with van der Waals surface area (Å²) < 4.78 is 0. The Morgan fingerprint density at radius 2 is 0.976 bits per heavy atom. The lowest BCUT2D eigenvalue weighted by molar-refractivity contribution is -0.119. The van der Waals surface area contributed by atoms with Gasteiger partial charge in [0.1, 0.15) is 0 Å². The highest BCUT2D eigenvalue weighted by Gasteiger charge is 2.37. The van der Waals surface area contributed by atoms with Gasteiger partial charge in [0.2, 0.25) is 11.8 Å². The van der Waals surface area contributed by atoms with Crippen molar-refractivity contribution in [2.24, 2.45) is 0 Å². The van der Waals surface area contributed by atoms with Crippen LogP contribution < -0.4 is 21.3 Å². The van der Waals surface area contributed by atoms with Gasteiger partial charge in [-0.15, -0.1) is 0 Å². The number of rotatable bonds is 8. The van der Waals surface area contributed by atoms with E-state index in [1.165, 1.54) is 0 Å². The second-order valence-electron chi connectivity index (χ2n) is 11.9. The van der Waals surface area contributed by atoms with Crippen molar-refractivity contribution < 1.29 is 19.2 Å². The van der Waals surface area contributed by atoms with Gasteiger partial charge in [-0.3, -0.25) is 19.2 Å². The van der Waals surface area contributed by atoms with Crippen molar-refractivity contribution >= 4 is 34.8 Å². The summed E-state index contributed by atoms with van der Waals surface area (Å²) in [5.74, 6) is -0.784. The fourth-order valence-electron chi connectivity index (χ4n) is 6.40. The maximum absolute atomic E-state index is 14.0. The Morgan fingerprint density at radius 1 is 0.619 bits per heavy atom. The van der Waals surface area contributed by atoms with E-state index in [-0.39, 0.29) is 47.5 Å². The molecule has 0 aromatic heterocycles. The smallest absolute Gasteiger partial charge is 0.246 e. The van der Waals surface area contributed by atoms with Crippen LogP contribution in [0.2, 0.25) is 0 Å². The van der Waals surface area contributed by atoms with Crippen LogP contribution in [0.25, 0.3) is 0 Å². The molecular formula is C34H40N4O4. The number of ketones is 2. The average molecular weight is 569 g/mol. The van der Waals surface area contributed by atoms with E-state index in [2.05, 4.69) is 34.4 Å². The molecule has 4 unspecified atom stereocenters. The minimum absolute atomic E-state index is 0.106. The SMILES string of the molecule is C=C(C)C(=O)NC1CCCCC1Nc1ccc(NC2CCCCC2NC(=O)C(=C)C)c2c1C(=O)c1ccccc1C2=O. The minimum atomic E-state index is -0.208. The van der Waals surface area contributed by atoms with E-state index < -0.39 is 0 Å². The molecule has 2 saturated carbocycles. The molecule has 0 saturated heterocycles. The molecule has 8 nitrogen and oxygen atoms in total. The van der Waals surface area contributed by atoms with Crippen LogP contribution in [0.15, 0.2) is 60.7 Å². The lowest BCUT2D eigenvalue weighted by atomic mass is 9.81. The molecule has 0 bridgehead atoms. The average Bonchev–Trinajstić information content (AvgIpc) is 2.98. The molecule has 3 aliphatic carbocycles. The molecule has 4 N–H and O–H groups in total. The molecule has 42 heavy (non-hydrogen) atoms. The summed E-state index contributed by atoms with van der Waals surface area (Å²) in [5.41, 5.74) is 3.52. The van der Waals surface area contributed by atoms with Gasteiger partial charge >= 0.3 is 0 Å². The Bertz CT molecular complexity index is 1350. The van der Waals surface area contributed by atoms with E-state index in [0.717, 1.165) is 51.4 Å². The van der Waals surface area contributed by atoms with Crippen LogP contribution in [-0.2, 0) is 9.59 Å². The minimum Gasteiger partial charge on any atom is -0.380 e. The van der Waals surface area contributed by atoms with Crippen molar-refractivity contribution in [2.75, 3.05) is 10.6 Å². The number of hydrogen-bond acceptors (Lipinski definition) is 6. The molecule has 2 fully saturated rings. The van der Waals surface area contributed by atoms with Gasteiger partial charge in [-0.1, -0.05) is 63.1 Å². The molecule has 0 radical (unpaired) electrons. The first-order valence-corrected chi connectivity index (χ1v) is 15.0. The fraction of sp³-hybridized carbons (Fsp3) is 0.412. The summed E-state index contributed by atoms with van der Waals surface area (Å²) >= 11 is 0. The van der Waals surface area contributed by atoms with Gasteiger partial charge in [-0.2, -0.15) is 0 Å². The summed E-state index contributed by atoms with van der Waals surface area (Å²) in [7, 11) is 0. The van der Waals surface area contributed by atoms with Crippen LogP contribution in [-0.4, -0.2) is 47.5 Å². The first-order chi connectivity index (χ1) is 20.2. The maximum Gasteiger partial charge on any atom is 0.246 e. The number of anilines is 2. The molecule has 3 aliphatic rings. The summed E-state index contributed by atoms with van der Waals surface area (Å²) in [6.07, 6.45) is 7.24. The largest absolute Gasteiger partial charge is 0.380 e. The Labute approximate surface area is 247 Å². The third-order valence-electron chi connectivity index (χ3n) is 8.70. The van der Waals surface area contributed by atoms with Crippen LogP contribution in [0.3, 0.4) is 0 Å². The number of hydrogen-bond donors (Lipinski definition) is 4. The second-order valence-corrected chi connectivity index (χ2v) is 11.9. The zero-order chi connectivity index (χ0) is 30.0. The first-order valence-electron chi connectivity index (χ1n) is 15.0. The zero-order valence-corrected chi connectivity index (χ0v) is 24.5. The van der Waals surface area contributed by atoms with E-state index >= 15 is 0 Å². The highest BCUT2D eigenvalue weighted by Crippen LogP contribution is 2.38. The highest BCUT2D eigenvalue weighted by atomic mass is 16.2. The van der Waals surface area contributed by atoms with Crippen LogP contribution in [0.4, 0.5) is 11.4 Å². The second kappa shape index (κ2) is 12.3. The molecule has 2 amide bonds. The number of nitrogens with one attached hydrogen (secondary N) is 4. The normalized spacial score (nSPS) is 23.2. The Kier molecular flexibility index (Phi) is 8.61. The predicted octanol–water partition coefficient (Wildman–Crippen LogP) is 5.29. The van der Waals surface area contributed by atoms with E-state index in [0.29, 0.717) is 44.8 Å². The third-order valence-corrected chi connectivity index (χ3v) is 8.70. The standard InChI is InChI=1S/C34H40N4O4/c1-19(2)33(41)37-25-15-9-7-13-23(25)35-27-17-18-28(36-24-14-8-10-16-26(24)38-34(42)20(3)4)30-29(27)31(39)21-11-5-6-12-22(21)32(30)40/h5-6,11-12,17-18,23-26,35-36H,1,3,7-10,13-16H2,2,4H3,(H,37,41)(H,38,42). The van der Waals surface area contributed by atoms with Gasteiger partial charge < -0.3 is 21.3 Å². The Balaban J connectivity index is 1.51. The lowest BCUT2D eigenvalue weighted by Gasteiger charge is -2.36. The highest BCUT2D eigenvalue weighted by molar-refractivity contribution is 6.32. The Morgan fingerprint density at radius 3 is 1.33 bits per heavy atom. The van der Waals surface area contributed by atoms with E-state index in [1.54, 1.807) is 38.1 Å². The Hall–Kier alpha value is -4.20. The predicted molar refractivity (Wildman–Crippen MR) is 165 cm³/mol. The fourth-order valence-corrected chi connectivity index (χ4v) is 6.40. The van der Waals surface area contributed by atoms with Crippen LogP contribution in [0.5, 0.6) is 0 Å². The van der Waals surface area contributed by atoms with Crippen molar-refractivity contribution in [1.82, 2.24) is 10.6 Å². The molecule has 2 aromatic rings. The molecule has 5 rings (SSSR count). The van der Waals surface area contributed by atoms with Gasteiger partial charge in [0.05, 0.1) is 11.1 Å². The molecule has 0 spiro atoms. The molecule has 4 atom stereocenters. The van der Waals surface area contributed by atoms with E-state index in [9.17, 15) is 19.2 Å². The van der Waals surface area contributed by atoms with Gasteiger partial charge in [-0.25, -0.2) is 0 Å². The van der Waals surface area contributed by atoms with Crippen molar-refractivity contribution in [3.63, 3.8) is 0 Å². The number of carbonyl (C=O) groups excluding carboxylic acids is 4. The summed E-state index contributed by atoms with van der Waals surface area (Å²) in [6, 6.07) is 10.2. The topological polar surface area (TPSA) is 116 Å². The van der Waals surface area contributed by atoms with Gasteiger partial charge in [-0.05, 0) is 51.7 Å². The van der Waals surface area contributed by atoms with Gasteiger partial charge in [0, 0.05) is 57.8 Å². The van der Waals surface area contributed by atoms with Crippen LogP contribution >= 0.6 is 0 Å². The lowest BCUT2D eigenvalue weighted by Crippen LogP contribution is -2.49. The third kappa shape index (κ3) is 5.89. The zero-order valence-electron chi connectivity index (χ0n) is 24.5. The van der Waals surface area contributed by atoms with Crippen molar-refractivity contribution in [2.45, 2.75) is 89.4 Å². The quantitative estimate of drug-likeness (QED) is 0.274. The monoisotopic (exact) mass is 568 g/mol. The van der Waals surface area contributed by atoms with E-state index in [1.807, 2.05) is 12.1 Å². The van der Waals surface area contributed by atoms with Crippen LogP contribution in [0.1, 0.15) is 97.1 Å². The number of fused-ring (bicyclic) bond motifs is 2. The summed E-state index contributed by atoms with van der Waals surface area (Å²) in [6.45, 7) is 10.9. The molecule has 8 heteroatoms. The maximum atomic E-state index is 14.0. The molecule has 0 heterocycles. The van der Waals surface area contributed by atoms with Crippen molar-refractivity contribution in [3.05, 3.63) is 83.0 Å². The molecule has 220 valence electrons. The van der Waals surface area contributed by atoms with Crippen molar-refractivity contribution in [3.8, 4) is 0 Å². The molecule has 0 aliphatic heterocycles.